The number of nitrogens with two attached hydrogens (primary N) is 1. The third-order valence-corrected chi connectivity index (χ3v) is 4.28. The molecule has 2 rings (SSSR count). The Labute approximate surface area is 122 Å². The van der Waals surface area contributed by atoms with Gasteiger partial charge in [0.25, 0.3) is 0 Å². The van der Waals surface area contributed by atoms with Crippen molar-refractivity contribution < 1.29 is 4.79 Å². The third-order valence-electron chi connectivity index (χ3n) is 4.28. The van der Waals surface area contributed by atoms with Crippen molar-refractivity contribution in [3.05, 3.63) is 35.9 Å². The molecule has 20 heavy (non-hydrogen) atoms. The van der Waals surface area contributed by atoms with E-state index >= 15 is 0 Å². The molecule has 0 spiro atoms. The standard InChI is InChI=1S/C17H26N2O/c1-3-13(2)16(14-7-5-4-6-8-14)17(20)19(12-11-18)15-9-10-15/h4-8,13,15-16H,3,9-12,18H2,1-2H3. The molecule has 1 amide bonds. The summed E-state index contributed by atoms with van der Waals surface area (Å²) in [6, 6.07) is 10.6. The molecule has 1 aliphatic carbocycles. The maximum Gasteiger partial charge on any atom is 0.230 e. The highest BCUT2D eigenvalue weighted by Crippen LogP contribution is 2.34. The largest absolute Gasteiger partial charge is 0.338 e. The van der Waals surface area contributed by atoms with Gasteiger partial charge in [0, 0.05) is 19.1 Å². The number of nitrogens with zero attached hydrogens (tertiary/aromatic N) is 1. The molecule has 0 saturated heterocycles. The fourth-order valence-corrected chi connectivity index (χ4v) is 2.79. The number of benzene rings is 1. The van der Waals surface area contributed by atoms with E-state index in [1.807, 2.05) is 23.1 Å². The van der Waals surface area contributed by atoms with Crippen LogP contribution in [0, 0.1) is 5.92 Å². The van der Waals surface area contributed by atoms with E-state index in [-0.39, 0.29) is 11.8 Å². The first kappa shape index (κ1) is 15.0. The van der Waals surface area contributed by atoms with Gasteiger partial charge in [0.05, 0.1) is 5.92 Å². The first-order valence-corrected chi connectivity index (χ1v) is 7.74. The molecule has 1 aromatic rings. The van der Waals surface area contributed by atoms with Crippen LogP contribution in [0.5, 0.6) is 0 Å². The van der Waals surface area contributed by atoms with Crippen LogP contribution in [0.15, 0.2) is 30.3 Å². The summed E-state index contributed by atoms with van der Waals surface area (Å²) < 4.78 is 0. The van der Waals surface area contributed by atoms with Gasteiger partial charge in [-0.05, 0) is 24.3 Å². The Bertz CT molecular complexity index is 428. The molecule has 2 N–H and O–H groups in total. The average Bonchev–Trinajstić information content (AvgIpc) is 3.30. The Kier molecular flexibility index (Phi) is 5.18. The summed E-state index contributed by atoms with van der Waals surface area (Å²) >= 11 is 0. The molecular weight excluding hydrogens is 248 g/mol. The second kappa shape index (κ2) is 6.89. The smallest absolute Gasteiger partial charge is 0.230 e. The van der Waals surface area contributed by atoms with E-state index in [0.29, 0.717) is 25.0 Å². The Morgan fingerprint density at radius 1 is 1.35 bits per heavy atom. The minimum absolute atomic E-state index is 0.0339. The maximum absolute atomic E-state index is 13.0. The monoisotopic (exact) mass is 274 g/mol. The van der Waals surface area contributed by atoms with Crippen LogP contribution in [-0.2, 0) is 4.79 Å². The van der Waals surface area contributed by atoms with Crippen LogP contribution in [0.2, 0.25) is 0 Å². The first-order chi connectivity index (χ1) is 9.69. The Balaban J connectivity index is 2.23. The van der Waals surface area contributed by atoms with Crippen molar-refractivity contribution in [3.63, 3.8) is 0 Å². The molecule has 2 atom stereocenters. The highest BCUT2D eigenvalue weighted by atomic mass is 16.2. The molecule has 0 aromatic heterocycles. The number of carbonyl (C=O) groups is 1. The zero-order valence-corrected chi connectivity index (χ0v) is 12.6. The Morgan fingerprint density at radius 3 is 2.50 bits per heavy atom. The SMILES string of the molecule is CCC(C)C(C(=O)N(CCN)C1CC1)c1ccccc1. The fourth-order valence-electron chi connectivity index (χ4n) is 2.79. The summed E-state index contributed by atoms with van der Waals surface area (Å²) in [5.74, 6) is 0.579. The summed E-state index contributed by atoms with van der Waals surface area (Å²) in [4.78, 5) is 15.0. The highest BCUT2D eigenvalue weighted by Gasteiger charge is 2.37. The van der Waals surface area contributed by atoms with Crippen molar-refractivity contribution in [2.45, 2.75) is 45.1 Å². The molecule has 3 heteroatoms. The van der Waals surface area contributed by atoms with Gasteiger partial charge < -0.3 is 10.6 Å². The normalized spacial score (nSPS) is 17.6. The van der Waals surface area contributed by atoms with Gasteiger partial charge in [0.15, 0.2) is 0 Å². The second-order valence-corrected chi connectivity index (χ2v) is 5.83. The number of rotatable bonds is 7. The summed E-state index contributed by atoms with van der Waals surface area (Å²) in [6.45, 7) is 5.55. The molecule has 1 saturated carbocycles. The van der Waals surface area contributed by atoms with Crippen molar-refractivity contribution in [1.82, 2.24) is 4.90 Å². The number of hydrogen-bond acceptors (Lipinski definition) is 2. The van der Waals surface area contributed by atoms with Gasteiger partial charge in [0.1, 0.15) is 0 Å². The van der Waals surface area contributed by atoms with Crippen LogP contribution in [0.25, 0.3) is 0 Å². The van der Waals surface area contributed by atoms with Crippen LogP contribution < -0.4 is 5.73 Å². The summed E-state index contributed by atoms with van der Waals surface area (Å²) in [5.41, 5.74) is 6.82. The van der Waals surface area contributed by atoms with E-state index < -0.39 is 0 Å². The molecule has 1 aromatic carbocycles. The Hall–Kier alpha value is -1.35. The number of amides is 1. The van der Waals surface area contributed by atoms with Gasteiger partial charge in [-0.15, -0.1) is 0 Å². The van der Waals surface area contributed by atoms with E-state index in [1.54, 1.807) is 0 Å². The second-order valence-electron chi connectivity index (χ2n) is 5.83. The summed E-state index contributed by atoms with van der Waals surface area (Å²) in [6.07, 6.45) is 3.27. The van der Waals surface area contributed by atoms with Gasteiger partial charge in [-0.3, -0.25) is 4.79 Å². The van der Waals surface area contributed by atoms with E-state index in [4.69, 9.17) is 5.73 Å². The van der Waals surface area contributed by atoms with Crippen molar-refractivity contribution >= 4 is 5.91 Å². The molecule has 1 fully saturated rings. The van der Waals surface area contributed by atoms with E-state index in [1.165, 1.54) is 0 Å². The number of hydrogen-bond donors (Lipinski definition) is 1. The van der Waals surface area contributed by atoms with Crippen LogP contribution in [0.4, 0.5) is 0 Å². The highest BCUT2D eigenvalue weighted by molar-refractivity contribution is 5.84. The van der Waals surface area contributed by atoms with Gasteiger partial charge in [-0.1, -0.05) is 50.6 Å². The van der Waals surface area contributed by atoms with Crippen LogP contribution >= 0.6 is 0 Å². The van der Waals surface area contributed by atoms with Gasteiger partial charge in [0.2, 0.25) is 5.91 Å². The maximum atomic E-state index is 13.0. The minimum Gasteiger partial charge on any atom is -0.338 e. The third kappa shape index (κ3) is 3.40. The van der Waals surface area contributed by atoms with Crippen molar-refractivity contribution in [2.75, 3.05) is 13.1 Å². The van der Waals surface area contributed by atoms with Crippen LogP contribution in [0.1, 0.15) is 44.6 Å². The molecule has 0 aliphatic heterocycles. The van der Waals surface area contributed by atoms with E-state index in [9.17, 15) is 4.79 Å². The molecule has 110 valence electrons. The molecule has 0 bridgehead atoms. The first-order valence-electron chi connectivity index (χ1n) is 7.74. The van der Waals surface area contributed by atoms with Crippen LogP contribution in [-0.4, -0.2) is 29.9 Å². The topological polar surface area (TPSA) is 46.3 Å². The zero-order valence-electron chi connectivity index (χ0n) is 12.6. The lowest BCUT2D eigenvalue weighted by atomic mass is 9.84. The van der Waals surface area contributed by atoms with E-state index in [0.717, 1.165) is 24.8 Å². The van der Waals surface area contributed by atoms with Gasteiger partial charge in [-0.2, -0.15) is 0 Å². The minimum atomic E-state index is -0.0339. The quantitative estimate of drug-likeness (QED) is 0.831. The molecular formula is C17H26N2O. The lowest BCUT2D eigenvalue weighted by Gasteiger charge is -2.30. The van der Waals surface area contributed by atoms with Crippen molar-refractivity contribution in [1.29, 1.82) is 0 Å². The molecule has 3 nitrogen and oxygen atoms in total. The van der Waals surface area contributed by atoms with Crippen molar-refractivity contribution in [2.24, 2.45) is 11.7 Å². The number of carbonyl (C=O) groups excluding carboxylic acids is 1. The Morgan fingerprint density at radius 2 is 2.00 bits per heavy atom. The lowest BCUT2D eigenvalue weighted by Crippen LogP contribution is -2.41. The molecule has 0 heterocycles. The van der Waals surface area contributed by atoms with Gasteiger partial charge in [-0.25, -0.2) is 0 Å². The van der Waals surface area contributed by atoms with Crippen LogP contribution in [0.3, 0.4) is 0 Å². The fraction of sp³-hybridized carbons (Fsp3) is 0.588. The van der Waals surface area contributed by atoms with Gasteiger partial charge >= 0.3 is 0 Å². The molecule has 2 unspecified atom stereocenters. The summed E-state index contributed by atoms with van der Waals surface area (Å²) in [5, 5.41) is 0. The average molecular weight is 274 g/mol. The predicted molar refractivity (Wildman–Crippen MR) is 82.4 cm³/mol. The predicted octanol–water partition coefficient (Wildman–Crippen LogP) is 2.77. The lowest BCUT2D eigenvalue weighted by molar-refractivity contribution is -0.134. The van der Waals surface area contributed by atoms with E-state index in [2.05, 4.69) is 26.0 Å². The molecule has 1 aliphatic rings. The zero-order chi connectivity index (χ0) is 14.5. The summed E-state index contributed by atoms with van der Waals surface area (Å²) in [7, 11) is 0. The molecule has 0 radical (unpaired) electrons. The van der Waals surface area contributed by atoms with Crippen molar-refractivity contribution in [3.8, 4) is 0 Å².